The average Bonchev–Trinajstić information content (AvgIpc) is 3.30. The molecule has 28 heavy (non-hydrogen) atoms. The Balaban J connectivity index is 1.47. The quantitative estimate of drug-likeness (QED) is 0.605. The molecule has 2 aromatic heterocycles. The van der Waals surface area contributed by atoms with Crippen LogP contribution in [0.5, 0.6) is 0 Å². The minimum absolute atomic E-state index is 0.319. The van der Waals surface area contributed by atoms with Crippen LogP contribution in [-0.2, 0) is 28.9 Å². The summed E-state index contributed by atoms with van der Waals surface area (Å²) in [4.78, 5) is 24.6. The maximum atomic E-state index is 12.5. The molecule has 0 bridgehead atoms. The van der Waals surface area contributed by atoms with Crippen LogP contribution in [0.2, 0.25) is 0 Å². The van der Waals surface area contributed by atoms with Gasteiger partial charge >= 0.3 is 6.18 Å². The van der Waals surface area contributed by atoms with E-state index in [1.54, 1.807) is 24.3 Å². The van der Waals surface area contributed by atoms with E-state index in [0.717, 1.165) is 27.3 Å². The molecule has 3 aromatic rings. The number of carbonyl (C=O) groups is 2. The van der Waals surface area contributed by atoms with Crippen molar-refractivity contribution < 1.29 is 22.8 Å². The number of nitrogens with one attached hydrogen (secondary N) is 2. The van der Waals surface area contributed by atoms with Crippen LogP contribution in [0, 0.1) is 0 Å². The zero-order valence-corrected chi connectivity index (χ0v) is 14.1. The molecule has 0 saturated heterocycles. The number of aromatic nitrogens is 6. The first-order valence-corrected chi connectivity index (χ1v) is 7.83. The highest BCUT2D eigenvalue weighted by Crippen LogP contribution is 2.27. The van der Waals surface area contributed by atoms with Crippen molar-refractivity contribution in [3.63, 3.8) is 0 Å². The fourth-order valence-corrected chi connectivity index (χ4v) is 2.11. The van der Waals surface area contributed by atoms with Crippen LogP contribution in [0.15, 0.2) is 42.6 Å². The Kier molecular flexibility index (Phi) is 5.33. The molecule has 2 amide bonds. The van der Waals surface area contributed by atoms with E-state index in [2.05, 4.69) is 31.4 Å². The molecule has 10 nitrogen and oxygen atoms in total. The van der Waals surface area contributed by atoms with Gasteiger partial charge < -0.3 is 0 Å². The Bertz CT molecular complexity index is 967. The van der Waals surface area contributed by atoms with E-state index in [1.807, 2.05) is 6.07 Å². The number of hydrogen-bond donors (Lipinski definition) is 2. The van der Waals surface area contributed by atoms with Gasteiger partial charge in [-0.05, 0) is 11.3 Å². The minimum atomic E-state index is -4.60. The smallest absolute Gasteiger partial charge is 0.271 e. The van der Waals surface area contributed by atoms with E-state index in [0.29, 0.717) is 5.82 Å². The van der Waals surface area contributed by atoms with Gasteiger partial charge in [-0.2, -0.15) is 23.1 Å². The first-order valence-electron chi connectivity index (χ1n) is 7.83. The third-order valence-electron chi connectivity index (χ3n) is 3.35. The van der Waals surface area contributed by atoms with Crippen molar-refractivity contribution >= 4 is 11.8 Å². The van der Waals surface area contributed by atoms with Crippen LogP contribution in [0.1, 0.15) is 5.69 Å². The molecule has 0 saturated carbocycles. The molecule has 1 aromatic carbocycles. The second-order valence-electron chi connectivity index (χ2n) is 5.50. The van der Waals surface area contributed by atoms with Gasteiger partial charge in [-0.3, -0.25) is 25.1 Å². The van der Waals surface area contributed by atoms with E-state index in [1.165, 1.54) is 0 Å². The first kappa shape index (κ1) is 19.0. The SMILES string of the molecule is O=C(Cn1ccc(C(F)(F)F)n1)NNC(=O)Cn1nnc(-c2ccccc2)n1. The van der Waals surface area contributed by atoms with Gasteiger partial charge in [-0.15, -0.1) is 10.2 Å². The molecule has 0 unspecified atom stereocenters. The summed E-state index contributed by atoms with van der Waals surface area (Å²) in [6.45, 7) is -0.823. The maximum absolute atomic E-state index is 12.5. The molecule has 0 aliphatic rings. The Morgan fingerprint density at radius 3 is 2.29 bits per heavy atom. The second-order valence-corrected chi connectivity index (χ2v) is 5.50. The van der Waals surface area contributed by atoms with Gasteiger partial charge in [0.05, 0.1) is 0 Å². The van der Waals surface area contributed by atoms with E-state index in [-0.39, 0.29) is 6.54 Å². The van der Waals surface area contributed by atoms with Crippen molar-refractivity contribution in [3.05, 3.63) is 48.3 Å². The van der Waals surface area contributed by atoms with Gasteiger partial charge in [0.25, 0.3) is 11.8 Å². The topological polar surface area (TPSA) is 120 Å². The van der Waals surface area contributed by atoms with Crippen LogP contribution in [-0.4, -0.2) is 41.8 Å². The number of carbonyl (C=O) groups excluding carboxylic acids is 2. The predicted octanol–water partition coefficient (Wildman–Crippen LogP) is 0.403. The van der Waals surface area contributed by atoms with Crippen LogP contribution in [0.25, 0.3) is 11.4 Å². The highest BCUT2D eigenvalue weighted by Gasteiger charge is 2.33. The molecule has 3 rings (SSSR count). The number of halogens is 3. The third kappa shape index (κ3) is 4.90. The highest BCUT2D eigenvalue weighted by molar-refractivity contribution is 5.81. The van der Waals surface area contributed by atoms with Crippen LogP contribution in [0.4, 0.5) is 13.2 Å². The van der Waals surface area contributed by atoms with Crippen molar-refractivity contribution in [1.82, 2.24) is 40.8 Å². The van der Waals surface area contributed by atoms with Crippen molar-refractivity contribution in [3.8, 4) is 11.4 Å². The molecule has 0 spiro atoms. The Labute approximate surface area is 155 Å². The second kappa shape index (κ2) is 7.85. The normalized spacial score (nSPS) is 11.2. The number of hydrazine groups is 1. The molecule has 0 aliphatic carbocycles. The first-order chi connectivity index (χ1) is 13.3. The van der Waals surface area contributed by atoms with Crippen LogP contribution in [0.3, 0.4) is 0 Å². The molecule has 0 fully saturated rings. The van der Waals surface area contributed by atoms with Gasteiger partial charge in [0.15, 0.2) is 5.69 Å². The molecular formula is C15H13F3N8O2. The Hall–Kier alpha value is -3.77. The number of alkyl halides is 3. The fraction of sp³-hybridized carbons (Fsp3) is 0.200. The summed E-state index contributed by atoms with van der Waals surface area (Å²) in [6.07, 6.45) is -3.59. The third-order valence-corrected chi connectivity index (χ3v) is 3.35. The van der Waals surface area contributed by atoms with Crippen molar-refractivity contribution in [2.45, 2.75) is 19.3 Å². The Morgan fingerprint density at radius 2 is 1.64 bits per heavy atom. The summed E-state index contributed by atoms with van der Waals surface area (Å²) in [5, 5.41) is 14.8. The fourth-order valence-electron chi connectivity index (χ4n) is 2.11. The molecule has 13 heteroatoms. The van der Waals surface area contributed by atoms with Crippen molar-refractivity contribution in [1.29, 1.82) is 0 Å². The molecule has 0 atom stereocenters. The summed E-state index contributed by atoms with van der Waals surface area (Å²) < 4.78 is 38.2. The number of rotatable bonds is 5. The molecular weight excluding hydrogens is 381 g/mol. The summed E-state index contributed by atoms with van der Waals surface area (Å²) >= 11 is 0. The minimum Gasteiger partial charge on any atom is -0.271 e. The molecule has 2 heterocycles. The summed E-state index contributed by atoms with van der Waals surface area (Å²) in [7, 11) is 0. The number of benzene rings is 1. The Morgan fingerprint density at radius 1 is 0.964 bits per heavy atom. The lowest BCUT2D eigenvalue weighted by molar-refractivity contribution is -0.141. The van der Waals surface area contributed by atoms with Gasteiger partial charge in [0.2, 0.25) is 5.82 Å². The molecule has 2 N–H and O–H groups in total. The maximum Gasteiger partial charge on any atom is 0.435 e. The molecule has 0 aliphatic heterocycles. The lowest BCUT2D eigenvalue weighted by atomic mass is 10.2. The lowest BCUT2D eigenvalue weighted by Crippen LogP contribution is -2.44. The zero-order chi connectivity index (χ0) is 20.1. The monoisotopic (exact) mass is 394 g/mol. The molecule has 0 radical (unpaired) electrons. The van der Waals surface area contributed by atoms with E-state index >= 15 is 0 Å². The van der Waals surface area contributed by atoms with Crippen LogP contribution >= 0.6 is 0 Å². The van der Waals surface area contributed by atoms with E-state index in [4.69, 9.17) is 0 Å². The average molecular weight is 394 g/mol. The van der Waals surface area contributed by atoms with E-state index in [9.17, 15) is 22.8 Å². The number of tetrazole rings is 1. The standard InChI is InChI=1S/C15H13F3N8O2/c16-15(17,18)11-6-7-25(22-11)8-12(27)19-20-13(28)9-26-23-14(21-24-26)10-4-2-1-3-5-10/h1-7H,8-9H2,(H,19,27)(H,20,28). The summed E-state index contributed by atoms with van der Waals surface area (Å²) in [6, 6.07) is 9.73. The van der Waals surface area contributed by atoms with Crippen LogP contribution < -0.4 is 10.9 Å². The van der Waals surface area contributed by atoms with Crippen molar-refractivity contribution in [2.75, 3.05) is 0 Å². The van der Waals surface area contributed by atoms with E-state index < -0.39 is 30.2 Å². The van der Waals surface area contributed by atoms with Gasteiger partial charge in [-0.25, -0.2) is 0 Å². The van der Waals surface area contributed by atoms with Gasteiger partial charge in [-0.1, -0.05) is 30.3 Å². The van der Waals surface area contributed by atoms with Crippen molar-refractivity contribution in [2.24, 2.45) is 0 Å². The number of hydrogen-bond acceptors (Lipinski definition) is 6. The molecule has 146 valence electrons. The van der Waals surface area contributed by atoms with Gasteiger partial charge in [0.1, 0.15) is 13.1 Å². The zero-order valence-electron chi connectivity index (χ0n) is 14.1. The summed E-state index contributed by atoms with van der Waals surface area (Å²) in [5.41, 5.74) is 3.78. The highest BCUT2D eigenvalue weighted by atomic mass is 19.4. The lowest BCUT2D eigenvalue weighted by Gasteiger charge is -2.07. The number of nitrogens with zero attached hydrogens (tertiary/aromatic N) is 6. The summed E-state index contributed by atoms with van der Waals surface area (Å²) in [5.74, 6) is -1.08. The number of amides is 2. The van der Waals surface area contributed by atoms with Gasteiger partial charge in [0, 0.05) is 11.8 Å². The largest absolute Gasteiger partial charge is 0.435 e. The predicted molar refractivity (Wildman–Crippen MR) is 86.8 cm³/mol.